The number of rotatable bonds is 5. The first-order chi connectivity index (χ1) is 9.88. The molecule has 0 aliphatic carbocycles. The molecule has 118 valence electrons. The van der Waals surface area contributed by atoms with Crippen molar-refractivity contribution in [2.24, 2.45) is 5.92 Å². The molecule has 1 saturated heterocycles. The van der Waals surface area contributed by atoms with Gasteiger partial charge in [0.25, 0.3) is 0 Å². The van der Waals surface area contributed by atoms with Gasteiger partial charge < -0.3 is 10.6 Å². The molecule has 0 saturated carbocycles. The molecule has 0 radical (unpaired) electrons. The zero-order chi connectivity index (χ0) is 15.5. The largest absolute Gasteiger partial charge is 0.396 e. The van der Waals surface area contributed by atoms with E-state index in [9.17, 15) is 12.8 Å². The molecule has 3 N–H and O–H groups in total. The van der Waals surface area contributed by atoms with Crippen molar-refractivity contribution in [1.82, 2.24) is 9.62 Å². The lowest BCUT2D eigenvalue weighted by atomic mass is 9.99. The molecule has 0 aromatic heterocycles. The number of sulfonamides is 1. The lowest BCUT2D eigenvalue weighted by Gasteiger charge is -2.30. The molecule has 21 heavy (non-hydrogen) atoms. The molecule has 2 rings (SSSR count). The number of halogens is 1. The van der Waals surface area contributed by atoms with Crippen LogP contribution in [0.15, 0.2) is 23.1 Å². The monoisotopic (exact) mass is 315 g/mol. The summed E-state index contributed by atoms with van der Waals surface area (Å²) in [6.07, 6.45) is 2.30. The van der Waals surface area contributed by atoms with E-state index in [1.54, 1.807) is 0 Å². The third-order valence-corrected chi connectivity index (χ3v) is 5.34. The maximum atomic E-state index is 13.3. The number of likely N-dealkylation sites (tertiary alicyclic amines) is 1. The van der Waals surface area contributed by atoms with Crippen LogP contribution in [0.3, 0.4) is 0 Å². The lowest BCUT2D eigenvalue weighted by molar-refractivity contribution is 0.195. The van der Waals surface area contributed by atoms with Gasteiger partial charge in [0.2, 0.25) is 10.0 Å². The fourth-order valence-corrected chi connectivity index (χ4v) is 3.41. The van der Waals surface area contributed by atoms with Crippen molar-refractivity contribution in [2.45, 2.75) is 24.7 Å². The second-order valence-corrected chi connectivity index (χ2v) is 7.37. The Morgan fingerprint density at radius 2 is 2.05 bits per heavy atom. The van der Waals surface area contributed by atoms with Crippen LogP contribution in [0.5, 0.6) is 0 Å². The lowest BCUT2D eigenvalue weighted by Crippen LogP contribution is -2.39. The minimum atomic E-state index is -3.68. The third kappa shape index (κ3) is 4.39. The summed E-state index contributed by atoms with van der Waals surface area (Å²) in [5.41, 5.74) is 5.29. The Hall–Kier alpha value is -1.18. The van der Waals surface area contributed by atoms with Crippen LogP contribution in [0.25, 0.3) is 0 Å². The van der Waals surface area contributed by atoms with E-state index in [4.69, 9.17) is 5.73 Å². The zero-order valence-corrected chi connectivity index (χ0v) is 13.0. The number of nitrogens with zero attached hydrogens (tertiary/aromatic N) is 1. The molecular weight excluding hydrogens is 293 g/mol. The van der Waals surface area contributed by atoms with Crippen molar-refractivity contribution in [3.63, 3.8) is 0 Å². The van der Waals surface area contributed by atoms with Gasteiger partial charge in [-0.2, -0.15) is 0 Å². The Labute approximate surface area is 125 Å². The highest BCUT2D eigenvalue weighted by atomic mass is 32.2. The van der Waals surface area contributed by atoms with Gasteiger partial charge in [0.15, 0.2) is 0 Å². The van der Waals surface area contributed by atoms with Crippen LogP contribution in [-0.2, 0) is 10.0 Å². The standard InChI is InChI=1S/C14H22FN3O2S/c1-11-4-7-18(8-5-11)9-6-17-21(19,20)12-2-3-14(16)13(15)10-12/h2-3,10-11,17H,4-9,16H2,1H3. The number of hydrogen-bond acceptors (Lipinski definition) is 4. The van der Waals surface area contributed by atoms with E-state index in [1.807, 2.05) is 0 Å². The average molecular weight is 315 g/mol. The van der Waals surface area contributed by atoms with Crippen molar-refractivity contribution >= 4 is 15.7 Å². The molecule has 1 aliphatic rings. The Balaban J connectivity index is 1.88. The van der Waals surface area contributed by atoms with Crippen LogP contribution in [-0.4, -0.2) is 39.5 Å². The van der Waals surface area contributed by atoms with Crippen LogP contribution in [0.4, 0.5) is 10.1 Å². The van der Waals surface area contributed by atoms with Gasteiger partial charge in [0.1, 0.15) is 5.82 Å². The first-order valence-electron chi connectivity index (χ1n) is 7.15. The molecule has 0 bridgehead atoms. The Bertz CT molecular complexity index is 584. The molecule has 1 heterocycles. The molecule has 5 nitrogen and oxygen atoms in total. The van der Waals surface area contributed by atoms with Gasteiger partial charge in [-0.3, -0.25) is 0 Å². The van der Waals surface area contributed by atoms with Crippen molar-refractivity contribution < 1.29 is 12.8 Å². The minimum absolute atomic E-state index is 0.0589. The van der Waals surface area contributed by atoms with E-state index < -0.39 is 15.8 Å². The van der Waals surface area contributed by atoms with Crippen LogP contribution in [0.1, 0.15) is 19.8 Å². The summed E-state index contributed by atoms with van der Waals surface area (Å²) in [5, 5.41) is 0. The van der Waals surface area contributed by atoms with Crippen molar-refractivity contribution in [3.05, 3.63) is 24.0 Å². The molecule has 1 aromatic carbocycles. The predicted molar refractivity (Wildman–Crippen MR) is 80.8 cm³/mol. The van der Waals surface area contributed by atoms with Gasteiger partial charge in [-0.15, -0.1) is 0 Å². The quantitative estimate of drug-likeness (QED) is 0.806. The van der Waals surface area contributed by atoms with E-state index in [2.05, 4.69) is 16.5 Å². The van der Waals surface area contributed by atoms with Crippen LogP contribution in [0, 0.1) is 11.7 Å². The summed E-state index contributed by atoms with van der Waals surface area (Å²) in [6, 6.07) is 3.51. The molecule has 1 aliphatic heterocycles. The summed E-state index contributed by atoms with van der Waals surface area (Å²) in [6.45, 7) is 5.22. The molecule has 1 fully saturated rings. The average Bonchev–Trinajstić information content (AvgIpc) is 2.44. The summed E-state index contributed by atoms with van der Waals surface area (Å²) < 4.78 is 39.9. The van der Waals surface area contributed by atoms with Crippen LogP contribution < -0.4 is 10.5 Å². The van der Waals surface area contributed by atoms with Crippen molar-refractivity contribution in [2.75, 3.05) is 31.9 Å². The van der Waals surface area contributed by atoms with Gasteiger partial charge in [-0.05, 0) is 50.0 Å². The second kappa shape index (κ2) is 6.72. The van der Waals surface area contributed by atoms with E-state index in [1.165, 1.54) is 12.1 Å². The summed E-state index contributed by atoms with van der Waals surface area (Å²) in [7, 11) is -3.68. The summed E-state index contributed by atoms with van der Waals surface area (Å²) >= 11 is 0. The number of nitrogen functional groups attached to an aromatic ring is 1. The van der Waals surface area contributed by atoms with E-state index in [0.29, 0.717) is 13.1 Å². The molecule has 0 amide bonds. The van der Waals surface area contributed by atoms with Crippen molar-refractivity contribution in [3.8, 4) is 0 Å². The maximum Gasteiger partial charge on any atom is 0.240 e. The van der Waals surface area contributed by atoms with Gasteiger partial charge >= 0.3 is 0 Å². The highest BCUT2D eigenvalue weighted by molar-refractivity contribution is 7.89. The topological polar surface area (TPSA) is 75.4 Å². The van der Waals surface area contributed by atoms with E-state index in [0.717, 1.165) is 37.9 Å². The summed E-state index contributed by atoms with van der Waals surface area (Å²) in [4.78, 5) is 2.15. The SMILES string of the molecule is CC1CCN(CCNS(=O)(=O)c2ccc(N)c(F)c2)CC1. The predicted octanol–water partition coefficient (Wildman–Crippen LogP) is 1.42. The van der Waals surface area contributed by atoms with Gasteiger partial charge in [0.05, 0.1) is 10.6 Å². The molecular formula is C14H22FN3O2S. The number of piperidine rings is 1. The smallest absolute Gasteiger partial charge is 0.240 e. The molecule has 0 atom stereocenters. The minimum Gasteiger partial charge on any atom is -0.396 e. The highest BCUT2D eigenvalue weighted by Gasteiger charge is 2.18. The first-order valence-corrected chi connectivity index (χ1v) is 8.64. The molecule has 0 spiro atoms. The Kier molecular flexibility index (Phi) is 5.18. The zero-order valence-electron chi connectivity index (χ0n) is 12.2. The third-order valence-electron chi connectivity index (χ3n) is 3.88. The normalized spacial score (nSPS) is 18.0. The Morgan fingerprint density at radius 1 is 1.38 bits per heavy atom. The van der Waals surface area contributed by atoms with E-state index >= 15 is 0 Å². The van der Waals surface area contributed by atoms with Gasteiger partial charge in [-0.1, -0.05) is 6.92 Å². The Morgan fingerprint density at radius 3 is 2.67 bits per heavy atom. The fraction of sp³-hybridized carbons (Fsp3) is 0.571. The molecule has 7 heteroatoms. The first kappa shape index (κ1) is 16.2. The number of hydrogen-bond donors (Lipinski definition) is 2. The molecule has 0 unspecified atom stereocenters. The van der Waals surface area contributed by atoms with Crippen LogP contribution >= 0.6 is 0 Å². The fourth-order valence-electron chi connectivity index (χ4n) is 2.38. The second-order valence-electron chi connectivity index (χ2n) is 5.61. The maximum absolute atomic E-state index is 13.3. The number of nitrogens with two attached hydrogens (primary N) is 1. The highest BCUT2D eigenvalue weighted by Crippen LogP contribution is 2.17. The van der Waals surface area contributed by atoms with Crippen molar-refractivity contribution in [1.29, 1.82) is 0 Å². The number of anilines is 1. The molecule has 1 aromatic rings. The van der Waals surface area contributed by atoms with Gasteiger partial charge in [-0.25, -0.2) is 17.5 Å². The van der Waals surface area contributed by atoms with E-state index in [-0.39, 0.29) is 10.6 Å². The number of benzene rings is 1. The van der Waals surface area contributed by atoms with Gasteiger partial charge in [0, 0.05) is 13.1 Å². The number of nitrogens with one attached hydrogen (secondary N) is 1. The summed E-state index contributed by atoms with van der Waals surface area (Å²) in [5.74, 6) is 0.0265. The van der Waals surface area contributed by atoms with Crippen LogP contribution in [0.2, 0.25) is 0 Å².